The highest BCUT2D eigenvalue weighted by Crippen LogP contribution is 2.12. The monoisotopic (exact) mass is 356 g/mol. The van der Waals surface area contributed by atoms with Crippen molar-refractivity contribution in [2.45, 2.75) is 19.4 Å². The first-order valence-electron chi connectivity index (χ1n) is 5.79. The minimum absolute atomic E-state index is 0.171. The highest BCUT2D eigenvalue weighted by atomic mass is 79.9. The van der Waals surface area contributed by atoms with E-state index in [0.717, 1.165) is 9.87 Å². The summed E-state index contributed by atoms with van der Waals surface area (Å²) in [5.41, 5.74) is 9.18. The molecule has 1 aromatic rings. The first kappa shape index (κ1) is 16.5. The lowest BCUT2D eigenvalue weighted by atomic mass is 10.2. The molecule has 0 unspecified atom stereocenters. The third-order valence-corrected chi connectivity index (χ3v) is 3.97. The van der Waals surface area contributed by atoms with E-state index in [2.05, 4.69) is 36.1 Å². The Balaban J connectivity index is 2.83. The number of rotatable bonds is 7. The zero-order valence-corrected chi connectivity index (χ0v) is 13.0. The van der Waals surface area contributed by atoms with E-state index in [4.69, 9.17) is 5.53 Å². The van der Waals surface area contributed by atoms with Gasteiger partial charge < -0.3 is 0 Å². The second-order valence-corrected chi connectivity index (χ2v) is 5.81. The molecule has 0 fully saturated rings. The number of nitrogens with zero attached hydrogens (tertiary/aromatic N) is 4. The Morgan fingerprint density at radius 1 is 1.35 bits per heavy atom. The molecule has 20 heavy (non-hydrogen) atoms. The van der Waals surface area contributed by atoms with E-state index in [-0.39, 0.29) is 13.1 Å². The summed E-state index contributed by atoms with van der Waals surface area (Å²) >= 11 is 2.98. The van der Waals surface area contributed by atoms with Crippen LogP contribution in [0.2, 0.25) is 0 Å². The first-order valence-corrected chi connectivity index (χ1v) is 7.98. The maximum atomic E-state index is 11.9. The van der Waals surface area contributed by atoms with Gasteiger partial charge in [0, 0.05) is 44.9 Å². The molecule has 1 rings (SSSR count). The molecule has 0 aromatic heterocycles. The summed E-state index contributed by atoms with van der Waals surface area (Å²) in [6, 6.07) is 9.13. The van der Waals surface area contributed by atoms with Crippen LogP contribution in [0.1, 0.15) is 18.4 Å². The Labute approximate surface area is 126 Å². The Morgan fingerprint density at radius 3 is 2.65 bits per heavy atom. The van der Waals surface area contributed by atoms with Gasteiger partial charge in [-0.3, -0.25) is 0 Å². The number of hydrogen-bond acceptors (Lipinski definition) is 2. The van der Waals surface area contributed by atoms with E-state index in [1.54, 1.807) is 0 Å². The summed E-state index contributed by atoms with van der Waals surface area (Å²) in [7, 11) is -3.98. The van der Waals surface area contributed by atoms with E-state index >= 15 is 0 Å². The topological polar surface area (TPSA) is 86.1 Å². The smallest absolute Gasteiger partial charge is 0.204 e. The summed E-state index contributed by atoms with van der Waals surface area (Å²) < 4.78 is 27.8. The van der Waals surface area contributed by atoms with Crippen LogP contribution in [-0.2, 0) is 16.8 Å². The Hall–Kier alpha value is -1.52. The third kappa shape index (κ3) is 5.63. The van der Waals surface area contributed by atoms with Gasteiger partial charge in [-0.15, -0.1) is 0 Å². The normalized spacial score (nSPS) is 10.5. The van der Waals surface area contributed by atoms with E-state index in [1.807, 2.05) is 30.3 Å². The molecule has 0 radical (unpaired) electrons. The molecule has 0 amide bonds. The van der Waals surface area contributed by atoms with Crippen molar-refractivity contribution in [2.75, 3.05) is 6.54 Å². The fourth-order valence-electron chi connectivity index (χ4n) is 1.55. The van der Waals surface area contributed by atoms with Crippen LogP contribution in [0.5, 0.6) is 0 Å². The lowest BCUT2D eigenvalue weighted by Crippen LogP contribution is -2.29. The highest BCUT2D eigenvalue weighted by molar-refractivity contribution is 9.12. The third-order valence-electron chi connectivity index (χ3n) is 2.44. The number of halogens is 1. The number of hydrogen-bond donors (Lipinski definition) is 0. The second kappa shape index (κ2) is 8.61. The van der Waals surface area contributed by atoms with Crippen LogP contribution in [0.25, 0.3) is 10.4 Å². The Bertz CT molecular complexity index is 630. The quantitative estimate of drug-likeness (QED) is 0.247. The van der Waals surface area contributed by atoms with Gasteiger partial charge in [0.1, 0.15) is 0 Å². The Kier molecular flexibility index (Phi) is 7.12. The van der Waals surface area contributed by atoms with Crippen LogP contribution in [0.15, 0.2) is 34.9 Å². The second-order valence-electron chi connectivity index (χ2n) is 3.84. The van der Waals surface area contributed by atoms with E-state index in [9.17, 15) is 8.42 Å². The van der Waals surface area contributed by atoms with Crippen molar-refractivity contribution in [2.24, 2.45) is 4.52 Å². The molecule has 0 aliphatic rings. The minimum Gasteiger partial charge on any atom is -0.204 e. The summed E-state index contributed by atoms with van der Waals surface area (Å²) in [4.78, 5) is 4.94. The van der Waals surface area contributed by atoms with Crippen LogP contribution >= 0.6 is 15.9 Å². The summed E-state index contributed by atoms with van der Waals surface area (Å²) in [5.74, 6) is 2.79. The molecule has 0 bridgehead atoms. The molecular weight excluding hydrogens is 344 g/mol. The SMILES string of the molecule is [N-]=[N+]=NS(=O)(=O)N(CCCC#CBr)Cc1ccccc1. The standard InChI is InChI=1S/C12H13BrN4O2S/c13-9-5-2-6-10-17(20(18,19)16-15-14)11-12-7-3-1-4-8-12/h1,3-4,7-8H,2,6,10-11H2. The van der Waals surface area contributed by atoms with Crippen molar-refractivity contribution < 1.29 is 8.42 Å². The highest BCUT2D eigenvalue weighted by Gasteiger charge is 2.20. The molecule has 0 saturated carbocycles. The van der Waals surface area contributed by atoms with Crippen LogP contribution in [0.3, 0.4) is 0 Å². The van der Waals surface area contributed by atoms with E-state index in [0.29, 0.717) is 12.8 Å². The van der Waals surface area contributed by atoms with Crippen molar-refractivity contribution in [1.29, 1.82) is 0 Å². The van der Waals surface area contributed by atoms with Crippen molar-refractivity contribution in [3.8, 4) is 10.8 Å². The van der Waals surface area contributed by atoms with E-state index < -0.39 is 10.2 Å². The lowest BCUT2D eigenvalue weighted by molar-refractivity contribution is 0.402. The van der Waals surface area contributed by atoms with Crippen molar-refractivity contribution in [3.05, 3.63) is 46.3 Å². The summed E-state index contributed by atoms with van der Waals surface area (Å²) in [6.07, 6.45) is 1.12. The molecule has 0 heterocycles. The fourth-order valence-corrected chi connectivity index (χ4v) is 2.62. The van der Waals surface area contributed by atoms with Crippen LogP contribution in [0.4, 0.5) is 0 Å². The molecule has 8 heteroatoms. The van der Waals surface area contributed by atoms with Gasteiger partial charge in [-0.2, -0.15) is 4.31 Å². The fraction of sp³-hybridized carbons (Fsp3) is 0.333. The van der Waals surface area contributed by atoms with Crippen molar-refractivity contribution in [3.63, 3.8) is 0 Å². The average Bonchev–Trinajstić information content (AvgIpc) is 2.43. The van der Waals surface area contributed by atoms with Gasteiger partial charge in [-0.05, 0) is 22.3 Å². The van der Waals surface area contributed by atoms with Gasteiger partial charge >= 0.3 is 10.2 Å². The molecule has 0 saturated heterocycles. The molecule has 0 spiro atoms. The van der Waals surface area contributed by atoms with Crippen LogP contribution in [0, 0.1) is 10.8 Å². The maximum Gasteiger partial charge on any atom is 0.302 e. The van der Waals surface area contributed by atoms with Gasteiger partial charge in [-0.25, -0.2) is 8.42 Å². The zero-order valence-electron chi connectivity index (χ0n) is 10.6. The van der Waals surface area contributed by atoms with E-state index in [1.165, 1.54) is 0 Å². The minimum atomic E-state index is -3.98. The van der Waals surface area contributed by atoms with Crippen LogP contribution < -0.4 is 0 Å². The van der Waals surface area contributed by atoms with Crippen molar-refractivity contribution >= 4 is 26.1 Å². The predicted molar refractivity (Wildman–Crippen MR) is 80.9 cm³/mol. The molecule has 106 valence electrons. The van der Waals surface area contributed by atoms with Gasteiger partial charge in [-0.1, -0.05) is 36.3 Å². The first-order chi connectivity index (χ1) is 9.60. The summed E-state index contributed by atoms with van der Waals surface area (Å²) in [5, 5.41) is 0. The molecule has 6 nitrogen and oxygen atoms in total. The van der Waals surface area contributed by atoms with Gasteiger partial charge in [0.05, 0.1) is 0 Å². The van der Waals surface area contributed by atoms with Gasteiger partial charge in [0.2, 0.25) is 0 Å². The molecule has 1 aromatic carbocycles. The van der Waals surface area contributed by atoms with Crippen LogP contribution in [-0.4, -0.2) is 19.3 Å². The van der Waals surface area contributed by atoms with Gasteiger partial charge in [0.15, 0.2) is 0 Å². The number of benzene rings is 1. The zero-order chi connectivity index (χ0) is 14.8. The van der Waals surface area contributed by atoms with Gasteiger partial charge in [0.25, 0.3) is 0 Å². The number of azide groups is 1. The van der Waals surface area contributed by atoms with Crippen molar-refractivity contribution in [1.82, 2.24) is 4.31 Å². The largest absolute Gasteiger partial charge is 0.302 e. The molecular formula is C12H13BrN4O2S. The molecule has 0 N–H and O–H groups in total. The summed E-state index contributed by atoms with van der Waals surface area (Å²) in [6.45, 7) is 0.419. The predicted octanol–water partition coefficient (Wildman–Crippen LogP) is 3.18. The average molecular weight is 357 g/mol. The molecule has 0 atom stereocenters. The lowest BCUT2D eigenvalue weighted by Gasteiger charge is -2.18. The molecule has 0 aliphatic heterocycles. The Morgan fingerprint density at radius 2 is 2.05 bits per heavy atom. The molecule has 0 aliphatic carbocycles. The maximum absolute atomic E-state index is 11.9. The number of unbranched alkanes of at least 4 members (excludes halogenated alkanes) is 1.